The molecule has 1 aromatic carbocycles. The number of rotatable bonds is 6. The molecular formula is C25H49NO4Si3. The third-order valence-corrected chi connectivity index (χ3v) is 20.8. The topological polar surface area (TPSA) is 60.3 Å². The van der Waals surface area contributed by atoms with Crippen LogP contribution in [0.1, 0.15) is 67.9 Å². The fraction of sp³-hybridized carbons (Fsp3) is 0.720. The van der Waals surface area contributed by atoms with Gasteiger partial charge in [0.1, 0.15) is 11.5 Å². The molecule has 0 aliphatic carbocycles. The molecule has 33 heavy (non-hydrogen) atoms. The van der Waals surface area contributed by atoms with Crippen molar-refractivity contribution >= 4 is 30.8 Å². The SMILES string of the molecule is CC(C)(C)[Si](C)(C)OC(=NO)c1ccc(O[Si](C)(C)C(C)(C)C)c(O[Si](C)(C)C(C)(C)C)c1. The molecular weight excluding hydrogens is 463 g/mol. The number of benzene rings is 1. The monoisotopic (exact) mass is 511 g/mol. The highest BCUT2D eigenvalue weighted by atomic mass is 28.4. The highest BCUT2D eigenvalue weighted by Gasteiger charge is 2.43. The first kappa shape index (κ1) is 29.8. The predicted octanol–water partition coefficient (Wildman–Crippen LogP) is 8.61. The third-order valence-electron chi connectivity index (χ3n) is 7.78. The summed E-state index contributed by atoms with van der Waals surface area (Å²) in [5, 5.41) is 13.5. The zero-order valence-corrected chi connectivity index (χ0v) is 26.9. The maximum absolute atomic E-state index is 9.85. The molecule has 1 N–H and O–H groups in total. The quantitative estimate of drug-likeness (QED) is 0.136. The molecule has 1 rings (SSSR count). The molecule has 1 aromatic rings. The highest BCUT2D eigenvalue weighted by Crippen LogP contribution is 2.44. The van der Waals surface area contributed by atoms with Crippen molar-refractivity contribution in [2.45, 2.75) is 117 Å². The van der Waals surface area contributed by atoms with Gasteiger partial charge in [-0.2, -0.15) is 0 Å². The smallest absolute Gasteiger partial charge is 0.252 e. The van der Waals surface area contributed by atoms with Gasteiger partial charge in [-0.1, -0.05) is 67.5 Å². The molecule has 8 heteroatoms. The van der Waals surface area contributed by atoms with E-state index in [1.807, 2.05) is 18.2 Å². The Labute approximate surface area is 206 Å². The normalized spacial score (nSPS) is 14.8. The van der Waals surface area contributed by atoms with Crippen molar-refractivity contribution in [1.82, 2.24) is 0 Å². The second-order valence-electron chi connectivity index (χ2n) is 13.7. The van der Waals surface area contributed by atoms with Gasteiger partial charge in [-0.15, -0.1) is 0 Å². The summed E-state index contributed by atoms with van der Waals surface area (Å²) < 4.78 is 19.8. The molecule has 0 fully saturated rings. The van der Waals surface area contributed by atoms with Crippen LogP contribution in [0, 0.1) is 0 Å². The average Bonchev–Trinajstić information content (AvgIpc) is 2.57. The van der Waals surface area contributed by atoms with Crippen LogP contribution in [-0.4, -0.2) is 36.1 Å². The molecule has 0 saturated carbocycles. The van der Waals surface area contributed by atoms with Gasteiger partial charge in [-0.25, -0.2) is 0 Å². The van der Waals surface area contributed by atoms with Crippen LogP contribution in [0.25, 0.3) is 0 Å². The van der Waals surface area contributed by atoms with E-state index in [0.717, 1.165) is 5.75 Å². The van der Waals surface area contributed by atoms with E-state index in [2.05, 4.69) is 107 Å². The van der Waals surface area contributed by atoms with E-state index in [9.17, 15) is 5.21 Å². The van der Waals surface area contributed by atoms with Crippen LogP contribution in [0.3, 0.4) is 0 Å². The van der Waals surface area contributed by atoms with Crippen molar-refractivity contribution < 1.29 is 18.5 Å². The van der Waals surface area contributed by atoms with Crippen LogP contribution in [0.4, 0.5) is 0 Å². The summed E-state index contributed by atoms with van der Waals surface area (Å²) in [5.41, 5.74) is 0.693. The third kappa shape index (κ3) is 7.11. The molecule has 0 bridgehead atoms. The van der Waals surface area contributed by atoms with Crippen LogP contribution >= 0.6 is 0 Å². The molecule has 0 aliphatic heterocycles. The minimum atomic E-state index is -2.19. The van der Waals surface area contributed by atoms with Gasteiger partial charge in [0, 0.05) is 5.56 Å². The molecule has 190 valence electrons. The summed E-state index contributed by atoms with van der Waals surface area (Å²) >= 11 is 0. The highest BCUT2D eigenvalue weighted by molar-refractivity contribution is 6.76. The molecule has 0 heterocycles. The molecule has 0 radical (unpaired) electrons. The van der Waals surface area contributed by atoms with Crippen LogP contribution in [0.15, 0.2) is 23.4 Å². The van der Waals surface area contributed by atoms with E-state index < -0.39 is 25.0 Å². The van der Waals surface area contributed by atoms with Gasteiger partial charge in [-0.3, -0.25) is 0 Å². The zero-order valence-electron chi connectivity index (χ0n) is 23.9. The van der Waals surface area contributed by atoms with Gasteiger partial charge in [0.15, 0.2) is 0 Å². The summed E-state index contributed by atoms with van der Waals surface area (Å²) in [6.07, 6.45) is 0. The summed E-state index contributed by atoms with van der Waals surface area (Å²) in [7, 11) is -6.41. The molecule has 0 unspecified atom stereocenters. The molecule has 0 atom stereocenters. The lowest BCUT2D eigenvalue weighted by Gasteiger charge is -2.40. The van der Waals surface area contributed by atoms with Gasteiger partial charge in [0.25, 0.3) is 25.0 Å². The standard InChI is InChI=1S/C25H49NO4Si3/c1-23(2,3)31(10,11)28-20-17-16-19(18-21(20)29-32(12,13)24(4,5)6)22(26-27)30-33(14,15)25(7,8)9/h16-18,27H,1-15H3. The van der Waals surface area contributed by atoms with E-state index in [-0.39, 0.29) is 21.0 Å². The Bertz CT molecular complexity index is 858. The Balaban J connectivity index is 3.57. The Hall–Kier alpha value is -1.26. The van der Waals surface area contributed by atoms with Gasteiger partial charge >= 0.3 is 0 Å². The van der Waals surface area contributed by atoms with E-state index >= 15 is 0 Å². The summed E-state index contributed by atoms with van der Waals surface area (Å²) in [6.45, 7) is 33.0. The summed E-state index contributed by atoms with van der Waals surface area (Å²) in [6, 6.07) is 5.77. The molecule has 5 nitrogen and oxygen atoms in total. The van der Waals surface area contributed by atoms with Crippen molar-refractivity contribution in [3.63, 3.8) is 0 Å². The van der Waals surface area contributed by atoms with Gasteiger partial charge in [0.2, 0.25) is 5.90 Å². The number of nitrogens with zero attached hydrogens (tertiary/aromatic N) is 1. The first-order chi connectivity index (χ1) is 14.5. The number of hydrogen-bond acceptors (Lipinski definition) is 5. The molecule has 0 amide bonds. The summed E-state index contributed by atoms with van der Waals surface area (Å²) in [5.74, 6) is 1.68. The summed E-state index contributed by atoms with van der Waals surface area (Å²) in [4.78, 5) is 0. The van der Waals surface area contributed by atoms with E-state index in [4.69, 9.17) is 13.3 Å². The lowest BCUT2D eigenvalue weighted by molar-refractivity contribution is 0.302. The van der Waals surface area contributed by atoms with E-state index in [1.165, 1.54) is 0 Å². The lowest BCUT2D eigenvalue weighted by Crippen LogP contribution is -2.46. The second-order valence-corrected chi connectivity index (χ2v) is 27.8. The van der Waals surface area contributed by atoms with E-state index in [0.29, 0.717) is 11.3 Å². The number of hydrogen-bond donors (Lipinski definition) is 1. The average molecular weight is 512 g/mol. The molecule has 0 saturated heterocycles. The van der Waals surface area contributed by atoms with Crippen LogP contribution in [0.2, 0.25) is 54.4 Å². The van der Waals surface area contributed by atoms with Crippen LogP contribution in [-0.2, 0) is 4.43 Å². The Kier molecular flexibility index (Phi) is 8.49. The minimum Gasteiger partial charge on any atom is -0.541 e. The Morgan fingerprint density at radius 3 is 1.42 bits per heavy atom. The Morgan fingerprint density at radius 1 is 0.667 bits per heavy atom. The zero-order chi connectivity index (χ0) is 26.3. The maximum Gasteiger partial charge on any atom is 0.252 e. The van der Waals surface area contributed by atoms with Gasteiger partial charge in [0.05, 0.1) is 0 Å². The molecule has 0 spiro atoms. The maximum atomic E-state index is 9.85. The predicted molar refractivity (Wildman–Crippen MR) is 149 cm³/mol. The van der Waals surface area contributed by atoms with Crippen molar-refractivity contribution in [3.8, 4) is 11.5 Å². The largest absolute Gasteiger partial charge is 0.541 e. The van der Waals surface area contributed by atoms with E-state index in [1.54, 1.807) is 0 Å². The molecule has 0 aromatic heterocycles. The first-order valence-electron chi connectivity index (χ1n) is 11.9. The van der Waals surface area contributed by atoms with Crippen molar-refractivity contribution in [2.75, 3.05) is 0 Å². The van der Waals surface area contributed by atoms with Crippen molar-refractivity contribution in [2.24, 2.45) is 5.16 Å². The fourth-order valence-electron chi connectivity index (χ4n) is 2.19. The second kappa shape index (κ2) is 9.41. The van der Waals surface area contributed by atoms with Gasteiger partial charge in [-0.05, 0) is 72.6 Å². The Morgan fingerprint density at radius 2 is 1.06 bits per heavy atom. The number of oxime groups is 1. The van der Waals surface area contributed by atoms with Crippen LogP contribution in [0.5, 0.6) is 11.5 Å². The molecule has 0 aliphatic rings. The fourth-order valence-corrected chi connectivity index (χ4v) is 5.18. The van der Waals surface area contributed by atoms with Crippen LogP contribution < -0.4 is 8.85 Å². The lowest BCUT2D eigenvalue weighted by atomic mass is 10.2. The van der Waals surface area contributed by atoms with Crippen molar-refractivity contribution in [1.29, 1.82) is 0 Å². The van der Waals surface area contributed by atoms with Crippen molar-refractivity contribution in [3.05, 3.63) is 23.8 Å². The first-order valence-corrected chi connectivity index (χ1v) is 20.6. The minimum absolute atomic E-state index is 0.0191. The van der Waals surface area contributed by atoms with Gasteiger partial charge < -0.3 is 18.5 Å².